The lowest BCUT2D eigenvalue weighted by atomic mass is 10.2. The zero-order valence-electron chi connectivity index (χ0n) is 12.9. The molecule has 6 heteroatoms. The van der Waals surface area contributed by atoms with Crippen LogP contribution < -0.4 is 10.1 Å². The van der Waals surface area contributed by atoms with E-state index in [2.05, 4.69) is 27.9 Å². The molecule has 0 saturated carbocycles. The van der Waals surface area contributed by atoms with Crippen LogP contribution >= 0.6 is 22.6 Å². The van der Waals surface area contributed by atoms with Crippen LogP contribution in [0.25, 0.3) is 0 Å². The fourth-order valence-electron chi connectivity index (χ4n) is 1.86. The van der Waals surface area contributed by atoms with E-state index in [1.165, 1.54) is 4.90 Å². The summed E-state index contributed by atoms with van der Waals surface area (Å²) in [5.74, 6) is 0.319. The molecule has 0 atom stereocenters. The average molecular weight is 424 g/mol. The number of hydrogen-bond acceptors (Lipinski definition) is 3. The van der Waals surface area contributed by atoms with Crippen molar-refractivity contribution in [3.05, 3.63) is 57.7 Å². The Morgan fingerprint density at radius 3 is 2.43 bits per heavy atom. The summed E-state index contributed by atoms with van der Waals surface area (Å²) < 4.78 is 6.48. The lowest BCUT2D eigenvalue weighted by Crippen LogP contribution is -2.22. The molecule has 0 aliphatic carbocycles. The quantitative estimate of drug-likeness (QED) is 0.751. The number of carbonyl (C=O) groups is 2. The van der Waals surface area contributed by atoms with Crippen molar-refractivity contribution in [2.75, 3.05) is 26.0 Å². The predicted molar refractivity (Wildman–Crippen MR) is 97.7 cm³/mol. The van der Waals surface area contributed by atoms with Crippen molar-refractivity contribution < 1.29 is 14.3 Å². The van der Waals surface area contributed by atoms with Gasteiger partial charge in [-0.2, -0.15) is 0 Å². The number of rotatable bonds is 5. The fraction of sp³-hybridized carbons (Fsp3) is 0.176. The van der Waals surface area contributed by atoms with Gasteiger partial charge in [-0.15, -0.1) is 0 Å². The van der Waals surface area contributed by atoms with Crippen molar-refractivity contribution in [3.63, 3.8) is 0 Å². The molecule has 120 valence electrons. The summed E-state index contributed by atoms with van der Waals surface area (Å²) in [6.45, 7) is -0.0710. The topological polar surface area (TPSA) is 58.6 Å². The standard InChI is InChI=1S/C17H17IN2O3/c1-20(2)17(22)12-6-8-14(9-7-12)19-16(21)11-23-15-5-3-4-13(18)10-15/h3-10H,11H2,1-2H3,(H,19,21). The van der Waals surface area contributed by atoms with Crippen molar-refractivity contribution in [1.82, 2.24) is 4.90 Å². The molecule has 0 heterocycles. The molecule has 0 aromatic heterocycles. The van der Waals surface area contributed by atoms with E-state index in [1.54, 1.807) is 44.4 Å². The van der Waals surface area contributed by atoms with Crippen LogP contribution in [-0.2, 0) is 4.79 Å². The van der Waals surface area contributed by atoms with E-state index >= 15 is 0 Å². The number of carbonyl (C=O) groups excluding carboxylic acids is 2. The van der Waals surface area contributed by atoms with Crippen molar-refractivity contribution in [2.45, 2.75) is 0 Å². The zero-order valence-corrected chi connectivity index (χ0v) is 15.0. The molecule has 0 radical (unpaired) electrons. The molecule has 0 aliphatic heterocycles. The Morgan fingerprint density at radius 2 is 1.83 bits per heavy atom. The van der Waals surface area contributed by atoms with Crippen molar-refractivity contribution in [3.8, 4) is 5.75 Å². The molecule has 2 aromatic carbocycles. The van der Waals surface area contributed by atoms with E-state index in [0.717, 1.165) is 3.57 Å². The highest BCUT2D eigenvalue weighted by Gasteiger charge is 2.08. The van der Waals surface area contributed by atoms with Crippen molar-refractivity contribution in [1.29, 1.82) is 0 Å². The predicted octanol–water partition coefficient (Wildman–Crippen LogP) is 3.01. The molecule has 0 aliphatic rings. The summed E-state index contributed by atoms with van der Waals surface area (Å²) >= 11 is 2.18. The number of hydrogen-bond donors (Lipinski definition) is 1. The molecule has 0 bridgehead atoms. The van der Waals surface area contributed by atoms with Crippen LogP contribution in [0.5, 0.6) is 5.75 Å². The van der Waals surface area contributed by atoms with E-state index in [-0.39, 0.29) is 18.4 Å². The molecule has 2 aromatic rings. The van der Waals surface area contributed by atoms with Crippen LogP contribution in [0.15, 0.2) is 48.5 Å². The van der Waals surface area contributed by atoms with Gasteiger partial charge < -0.3 is 15.0 Å². The van der Waals surface area contributed by atoms with E-state index in [0.29, 0.717) is 17.0 Å². The SMILES string of the molecule is CN(C)C(=O)c1ccc(NC(=O)COc2cccc(I)c2)cc1. The van der Waals surface area contributed by atoms with Gasteiger partial charge >= 0.3 is 0 Å². The van der Waals surface area contributed by atoms with Crippen LogP contribution in [0.3, 0.4) is 0 Å². The third-order valence-electron chi connectivity index (χ3n) is 2.99. The molecule has 5 nitrogen and oxygen atoms in total. The van der Waals surface area contributed by atoms with Gasteiger partial charge in [0.1, 0.15) is 5.75 Å². The number of ether oxygens (including phenoxy) is 1. The number of amides is 2. The highest BCUT2D eigenvalue weighted by Crippen LogP contribution is 2.15. The second-order valence-electron chi connectivity index (χ2n) is 5.07. The van der Waals surface area contributed by atoms with Gasteiger partial charge in [0, 0.05) is 28.9 Å². The maximum absolute atomic E-state index is 11.9. The molecule has 0 spiro atoms. The molecule has 0 saturated heterocycles. The summed E-state index contributed by atoms with van der Waals surface area (Å²) in [7, 11) is 3.39. The molecular weight excluding hydrogens is 407 g/mol. The highest BCUT2D eigenvalue weighted by atomic mass is 127. The summed E-state index contributed by atoms with van der Waals surface area (Å²) in [5.41, 5.74) is 1.19. The van der Waals surface area contributed by atoms with E-state index in [1.807, 2.05) is 18.2 Å². The Bertz CT molecular complexity index is 699. The number of anilines is 1. The van der Waals surface area contributed by atoms with Gasteiger partial charge in [-0.1, -0.05) is 6.07 Å². The molecule has 0 fully saturated rings. The average Bonchev–Trinajstić information content (AvgIpc) is 2.53. The summed E-state index contributed by atoms with van der Waals surface area (Å²) in [6, 6.07) is 14.2. The van der Waals surface area contributed by atoms with Gasteiger partial charge in [0.2, 0.25) is 0 Å². The third-order valence-corrected chi connectivity index (χ3v) is 3.66. The Hall–Kier alpha value is -2.09. The summed E-state index contributed by atoms with van der Waals surface area (Å²) in [4.78, 5) is 25.2. The Morgan fingerprint density at radius 1 is 1.13 bits per heavy atom. The first-order chi connectivity index (χ1) is 11.0. The van der Waals surface area contributed by atoms with Gasteiger partial charge in [-0.05, 0) is 65.1 Å². The maximum atomic E-state index is 11.9. The van der Waals surface area contributed by atoms with E-state index < -0.39 is 0 Å². The van der Waals surface area contributed by atoms with Crippen LogP contribution in [0.4, 0.5) is 5.69 Å². The Balaban J connectivity index is 1.89. The molecule has 2 rings (SSSR count). The first-order valence-electron chi connectivity index (χ1n) is 6.95. The number of benzene rings is 2. The second kappa shape index (κ2) is 7.96. The lowest BCUT2D eigenvalue weighted by molar-refractivity contribution is -0.118. The lowest BCUT2D eigenvalue weighted by Gasteiger charge is -2.11. The summed E-state index contributed by atoms with van der Waals surface area (Å²) in [5, 5.41) is 2.73. The largest absolute Gasteiger partial charge is 0.484 e. The highest BCUT2D eigenvalue weighted by molar-refractivity contribution is 14.1. The molecule has 1 N–H and O–H groups in total. The summed E-state index contributed by atoms with van der Waals surface area (Å²) in [6.07, 6.45) is 0. The number of nitrogens with zero attached hydrogens (tertiary/aromatic N) is 1. The van der Waals surface area contributed by atoms with Crippen LogP contribution in [0, 0.1) is 3.57 Å². The number of halogens is 1. The Kier molecular flexibility index (Phi) is 5.97. The minimum atomic E-state index is -0.254. The van der Waals surface area contributed by atoms with Gasteiger partial charge in [-0.25, -0.2) is 0 Å². The van der Waals surface area contributed by atoms with E-state index in [4.69, 9.17) is 4.74 Å². The monoisotopic (exact) mass is 424 g/mol. The van der Waals surface area contributed by atoms with Crippen molar-refractivity contribution >= 4 is 40.1 Å². The normalized spacial score (nSPS) is 10.0. The maximum Gasteiger partial charge on any atom is 0.262 e. The van der Waals surface area contributed by atoms with Crippen LogP contribution in [0.1, 0.15) is 10.4 Å². The molecule has 23 heavy (non-hydrogen) atoms. The first-order valence-corrected chi connectivity index (χ1v) is 8.03. The molecule has 0 unspecified atom stereocenters. The smallest absolute Gasteiger partial charge is 0.262 e. The fourth-order valence-corrected chi connectivity index (χ4v) is 2.37. The van der Waals surface area contributed by atoms with Gasteiger partial charge in [0.25, 0.3) is 11.8 Å². The minimum absolute atomic E-state index is 0.0710. The third kappa shape index (κ3) is 5.24. The second-order valence-corrected chi connectivity index (χ2v) is 6.32. The minimum Gasteiger partial charge on any atom is -0.484 e. The Labute approximate surface area is 148 Å². The van der Waals surface area contributed by atoms with Gasteiger partial charge in [0.15, 0.2) is 6.61 Å². The van der Waals surface area contributed by atoms with Gasteiger partial charge in [0.05, 0.1) is 0 Å². The molecule has 2 amide bonds. The molecular formula is C17H17IN2O3. The number of nitrogens with one attached hydrogen (secondary N) is 1. The van der Waals surface area contributed by atoms with Crippen molar-refractivity contribution in [2.24, 2.45) is 0 Å². The van der Waals surface area contributed by atoms with Crippen LogP contribution in [0.2, 0.25) is 0 Å². The van der Waals surface area contributed by atoms with Crippen LogP contribution in [-0.4, -0.2) is 37.4 Å². The zero-order chi connectivity index (χ0) is 16.8. The first kappa shape index (κ1) is 17.3. The van der Waals surface area contributed by atoms with Gasteiger partial charge in [-0.3, -0.25) is 9.59 Å². The van der Waals surface area contributed by atoms with E-state index in [9.17, 15) is 9.59 Å².